The maximum absolute atomic E-state index is 5.78. The van der Waals surface area contributed by atoms with Gasteiger partial charge in [-0.25, -0.2) is 0 Å². The highest BCUT2D eigenvalue weighted by atomic mass is 16.3. The molecule has 2 rings (SSSR count). The van der Waals surface area contributed by atoms with Crippen LogP contribution in [0.25, 0.3) is 0 Å². The van der Waals surface area contributed by atoms with Gasteiger partial charge < -0.3 is 9.73 Å². The molecule has 0 bridgehead atoms. The van der Waals surface area contributed by atoms with Gasteiger partial charge in [0.05, 0.1) is 6.54 Å². The number of furan rings is 1. The molecule has 0 amide bonds. The van der Waals surface area contributed by atoms with Crippen molar-refractivity contribution in [3.05, 3.63) is 23.2 Å². The van der Waals surface area contributed by atoms with Gasteiger partial charge in [-0.15, -0.1) is 0 Å². The fourth-order valence-electron chi connectivity index (χ4n) is 3.24. The van der Waals surface area contributed by atoms with Gasteiger partial charge >= 0.3 is 0 Å². The number of hydrogen-bond donors (Lipinski definition) is 1. The molecule has 1 N–H and O–H groups in total. The molecular weight excluding hydrogens is 250 g/mol. The first-order valence-electron chi connectivity index (χ1n) is 7.87. The predicted octanol–water partition coefficient (Wildman–Crippen LogP) is 2.22. The van der Waals surface area contributed by atoms with Gasteiger partial charge in [0.1, 0.15) is 11.5 Å². The third kappa shape index (κ3) is 3.62. The lowest BCUT2D eigenvalue weighted by Gasteiger charge is -2.26. The highest BCUT2D eigenvalue weighted by molar-refractivity contribution is 5.21. The first-order valence-corrected chi connectivity index (χ1v) is 7.87. The van der Waals surface area contributed by atoms with Crippen molar-refractivity contribution in [3.8, 4) is 0 Å². The van der Waals surface area contributed by atoms with Crippen molar-refractivity contribution in [1.29, 1.82) is 0 Å². The molecule has 1 aliphatic rings. The van der Waals surface area contributed by atoms with Gasteiger partial charge in [-0.1, -0.05) is 13.8 Å². The SMILES string of the molecule is CCN(CC)C1CCN(Cc2cc(CNC)oc2C)C1. The van der Waals surface area contributed by atoms with Crippen molar-refractivity contribution in [3.63, 3.8) is 0 Å². The van der Waals surface area contributed by atoms with Crippen molar-refractivity contribution in [1.82, 2.24) is 15.1 Å². The second-order valence-electron chi connectivity index (χ2n) is 5.72. The average molecular weight is 279 g/mol. The monoisotopic (exact) mass is 279 g/mol. The molecule has 1 unspecified atom stereocenters. The lowest BCUT2D eigenvalue weighted by molar-refractivity contribution is 0.209. The van der Waals surface area contributed by atoms with E-state index in [1.807, 2.05) is 7.05 Å². The Morgan fingerprint density at radius 3 is 2.80 bits per heavy atom. The van der Waals surface area contributed by atoms with Gasteiger partial charge in [0.15, 0.2) is 0 Å². The van der Waals surface area contributed by atoms with Crippen LogP contribution >= 0.6 is 0 Å². The van der Waals surface area contributed by atoms with E-state index in [0.29, 0.717) is 0 Å². The number of nitrogens with zero attached hydrogens (tertiary/aromatic N) is 2. The highest BCUT2D eigenvalue weighted by Crippen LogP contribution is 2.21. The van der Waals surface area contributed by atoms with E-state index >= 15 is 0 Å². The Labute approximate surface area is 123 Å². The minimum absolute atomic E-state index is 0.731. The van der Waals surface area contributed by atoms with E-state index in [2.05, 4.69) is 42.0 Å². The third-order valence-corrected chi connectivity index (χ3v) is 4.39. The molecule has 1 saturated heterocycles. The molecule has 1 aromatic rings. The van der Waals surface area contributed by atoms with Crippen LogP contribution in [0.15, 0.2) is 10.5 Å². The molecule has 1 aliphatic heterocycles. The number of rotatable bonds is 7. The van der Waals surface area contributed by atoms with Gasteiger partial charge in [-0.05, 0) is 39.5 Å². The molecule has 20 heavy (non-hydrogen) atoms. The van der Waals surface area contributed by atoms with Crippen LogP contribution in [0, 0.1) is 6.92 Å². The molecule has 0 spiro atoms. The second-order valence-corrected chi connectivity index (χ2v) is 5.72. The van der Waals surface area contributed by atoms with Crippen molar-refractivity contribution in [2.24, 2.45) is 0 Å². The van der Waals surface area contributed by atoms with Crippen LogP contribution in [0.3, 0.4) is 0 Å². The average Bonchev–Trinajstić information content (AvgIpc) is 3.00. The van der Waals surface area contributed by atoms with Crippen molar-refractivity contribution in [2.45, 2.75) is 46.3 Å². The van der Waals surface area contributed by atoms with Crippen molar-refractivity contribution in [2.75, 3.05) is 33.2 Å². The van der Waals surface area contributed by atoms with Gasteiger partial charge in [0, 0.05) is 31.2 Å². The van der Waals surface area contributed by atoms with Gasteiger partial charge in [0.25, 0.3) is 0 Å². The van der Waals surface area contributed by atoms with Crippen molar-refractivity contribution < 1.29 is 4.42 Å². The molecule has 0 aromatic carbocycles. The van der Waals surface area contributed by atoms with Gasteiger partial charge in [-0.3, -0.25) is 9.80 Å². The topological polar surface area (TPSA) is 31.6 Å². The summed E-state index contributed by atoms with van der Waals surface area (Å²) in [5.74, 6) is 2.11. The fourth-order valence-corrected chi connectivity index (χ4v) is 3.24. The normalized spacial score (nSPS) is 20.1. The Kier molecular flexibility index (Phi) is 5.64. The maximum Gasteiger partial charge on any atom is 0.118 e. The van der Waals surface area contributed by atoms with Gasteiger partial charge in [-0.2, -0.15) is 0 Å². The first kappa shape index (κ1) is 15.5. The fraction of sp³-hybridized carbons (Fsp3) is 0.750. The summed E-state index contributed by atoms with van der Waals surface area (Å²) in [5, 5.41) is 3.14. The lowest BCUT2D eigenvalue weighted by atomic mass is 10.2. The summed E-state index contributed by atoms with van der Waals surface area (Å²) in [6.45, 7) is 13.1. The predicted molar refractivity (Wildman–Crippen MR) is 82.8 cm³/mol. The van der Waals surface area contributed by atoms with Crippen LogP contribution in [0.4, 0.5) is 0 Å². The summed E-state index contributed by atoms with van der Waals surface area (Å²) in [6.07, 6.45) is 1.29. The molecule has 4 heteroatoms. The molecule has 4 nitrogen and oxygen atoms in total. The Balaban J connectivity index is 1.91. The highest BCUT2D eigenvalue weighted by Gasteiger charge is 2.26. The standard InChI is InChI=1S/C16H29N3O/c1-5-19(6-2)15-7-8-18(12-15)11-14-9-16(10-17-4)20-13(14)3/h9,15,17H,5-8,10-12H2,1-4H3. The summed E-state index contributed by atoms with van der Waals surface area (Å²) in [5.41, 5.74) is 1.34. The molecule has 0 saturated carbocycles. The van der Waals surface area contributed by atoms with E-state index in [1.165, 1.54) is 25.1 Å². The number of nitrogens with one attached hydrogen (secondary N) is 1. The van der Waals surface area contributed by atoms with Crippen LogP contribution in [-0.4, -0.2) is 49.1 Å². The number of likely N-dealkylation sites (N-methyl/N-ethyl adjacent to an activating group) is 1. The van der Waals surface area contributed by atoms with E-state index in [9.17, 15) is 0 Å². The third-order valence-electron chi connectivity index (χ3n) is 4.39. The zero-order chi connectivity index (χ0) is 14.5. The van der Waals surface area contributed by atoms with Crippen LogP contribution < -0.4 is 5.32 Å². The Bertz CT molecular complexity index is 412. The van der Waals surface area contributed by atoms with E-state index in [0.717, 1.165) is 43.7 Å². The van der Waals surface area contributed by atoms with E-state index in [-0.39, 0.29) is 0 Å². The zero-order valence-electron chi connectivity index (χ0n) is 13.4. The number of hydrogen-bond acceptors (Lipinski definition) is 4. The minimum atomic E-state index is 0.731. The smallest absolute Gasteiger partial charge is 0.118 e. The zero-order valence-corrected chi connectivity index (χ0v) is 13.4. The van der Waals surface area contributed by atoms with Crippen molar-refractivity contribution >= 4 is 0 Å². The summed E-state index contributed by atoms with van der Waals surface area (Å²) < 4.78 is 5.78. The molecule has 0 aliphatic carbocycles. The van der Waals surface area contributed by atoms with Crippen LogP contribution in [0.5, 0.6) is 0 Å². The Morgan fingerprint density at radius 2 is 2.15 bits per heavy atom. The molecule has 114 valence electrons. The van der Waals surface area contributed by atoms with E-state index in [4.69, 9.17) is 4.42 Å². The first-order chi connectivity index (χ1) is 9.67. The quantitative estimate of drug-likeness (QED) is 0.829. The molecule has 1 atom stereocenters. The van der Waals surface area contributed by atoms with E-state index in [1.54, 1.807) is 0 Å². The van der Waals surface area contributed by atoms with Crippen LogP contribution in [0.1, 0.15) is 37.4 Å². The summed E-state index contributed by atoms with van der Waals surface area (Å²) in [4.78, 5) is 5.14. The summed E-state index contributed by atoms with van der Waals surface area (Å²) in [6, 6.07) is 2.94. The van der Waals surface area contributed by atoms with Crippen LogP contribution in [0.2, 0.25) is 0 Å². The number of aryl methyl sites for hydroxylation is 1. The molecule has 0 radical (unpaired) electrons. The Morgan fingerprint density at radius 1 is 1.40 bits per heavy atom. The Hall–Kier alpha value is -0.840. The van der Waals surface area contributed by atoms with E-state index < -0.39 is 0 Å². The molecule has 2 heterocycles. The molecular formula is C16H29N3O. The molecule has 1 fully saturated rings. The maximum atomic E-state index is 5.78. The van der Waals surface area contributed by atoms with Crippen LogP contribution in [-0.2, 0) is 13.1 Å². The summed E-state index contributed by atoms with van der Waals surface area (Å²) >= 11 is 0. The van der Waals surface area contributed by atoms with Gasteiger partial charge in [0.2, 0.25) is 0 Å². The molecule has 1 aromatic heterocycles. The largest absolute Gasteiger partial charge is 0.465 e. The number of likely N-dealkylation sites (tertiary alicyclic amines) is 1. The summed E-state index contributed by atoms with van der Waals surface area (Å²) in [7, 11) is 1.95. The lowest BCUT2D eigenvalue weighted by Crippen LogP contribution is -2.37. The second kappa shape index (κ2) is 7.25. The minimum Gasteiger partial charge on any atom is -0.465 e.